The van der Waals surface area contributed by atoms with Crippen LogP contribution in [0.1, 0.15) is 18.1 Å². The third-order valence-electron chi connectivity index (χ3n) is 3.50. The summed E-state index contributed by atoms with van der Waals surface area (Å²) >= 11 is 7.07. The minimum Gasteiger partial charge on any atom is -0.373 e. The summed E-state index contributed by atoms with van der Waals surface area (Å²) in [5, 5.41) is 14.6. The number of hydrogen-bond acceptors (Lipinski definition) is 7. The van der Waals surface area contributed by atoms with Crippen LogP contribution in [0.15, 0.2) is 23.2 Å². The summed E-state index contributed by atoms with van der Waals surface area (Å²) in [5.74, 6) is -0.886. The Morgan fingerprint density at radius 1 is 1.39 bits per heavy atom. The van der Waals surface area contributed by atoms with Crippen molar-refractivity contribution in [3.8, 4) is 6.07 Å². The molecule has 0 saturated carbocycles. The SMILES string of the molecule is CSc1nc(N)nc(NC(=O)[C@H](C)Nc2cc(C(F)(F)F)ccc2Cl)c1C#N. The van der Waals surface area contributed by atoms with E-state index in [0.29, 0.717) is 0 Å². The molecule has 0 fully saturated rings. The molecule has 7 nitrogen and oxygen atoms in total. The first-order valence-electron chi connectivity index (χ1n) is 7.62. The number of alkyl halides is 3. The molecular formula is C16H14ClF3N6OS. The number of carbonyl (C=O) groups excluding carboxylic acids is 1. The van der Waals surface area contributed by atoms with E-state index in [2.05, 4.69) is 20.6 Å². The number of nitrogen functional groups attached to an aromatic ring is 1. The van der Waals surface area contributed by atoms with E-state index in [4.69, 9.17) is 17.3 Å². The van der Waals surface area contributed by atoms with Crippen LogP contribution in [0.5, 0.6) is 0 Å². The van der Waals surface area contributed by atoms with Crippen molar-refractivity contribution in [2.45, 2.75) is 24.2 Å². The predicted octanol–water partition coefficient (Wildman–Crippen LogP) is 3.76. The van der Waals surface area contributed by atoms with E-state index in [1.54, 1.807) is 6.26 Å². The molecule has 1 aromatic heterocycles. The Bertz CT molecular complexity index is 947. The van der Waals surface area contributed by atoms with Gasteiger partial charge in [0.15, 0.2) is 5.82 Å². The zero-order chi connectivity index (χ0) is 21.1. The van der Waals surface area contributed by atoms with E-state index in [1.165, 1.54) is 6.92 Å². The number of nitrogens with zero attached hydrogens (tertiary/aromatic N) is 3. The van der Waals surface area contributed by atoms with Crippen LogP contribution < -0.4 is 16.4 Å². The van der Waals surface area contributed by atoms with E-state index >= 15 is 0 Å². The highest BCUT2D eigenvalue weighted by Gasteiger charge is 2.31. The van der Waals surface area contributed by atoms with Crippen molar-refractivity contribution in [3.05, 3.63) is 34.3 Å². The first kappa shape index (κ1) is 21.6. The number of halogens is 4. The van der Waals surface area contributed by atoms with Gasteiger partial charge in [0.2, 0.25) is 11.9 Å². The van der Waals surface area contributed by atoms with E-state index < -0.39 is 23.7 Å². The topological polar surface area (TPSA) is 117 Å². The number of nitrogens with one attached hydrogen (secondary N) is 2. The standard InChI is InChI=1S/C16H14ClF3N6OS/c1-7(23-11-5-8(16(18,19)20)3-4-10(11)17)13(27)24-12-9(6-21)14(28-2)26-15(22)25-12/h3-5,7,23H,1-2H3,(H3,22,24,25,26,27)/t7-/m0/s1. The van der Waals surface area contributed by atoms with Gasteiger partial charge in [0.1, 0.15) is 22.7 Å². The van der Waals surface area contributed by atoms with Crippen LogP contribution in [0.25, 0.3) is 0 Å². The van der Waals surface area contributed by atoms with Gasteiger partial charge in [0, 0.05) is 0 Å². The highest BCUT2D eigenvalue weighted by atomic mass is 35.5. The molecule has 1 aromatic carbocycles. The second-order valence-corrected chi connectivity index (χ2v) is 6.68. The molecule has 1 atom stereocenters. The zero-order valence-corrected chi connectivity index (χ0v) is 16.1. The summed E-state index contributed by atoms with van der Waals surface area (Å²) in [4.78, 5) is 20.2. The predicted molar refractivity (Wildman–Crippen MR) is 101 cm³/mol. The first-order chi connectivity index (χ1) is 13.1. The molecule has 1 heterocycles. The third kappa shape index (κ3) is 4.96. The Morgan fingerprint density at radius 2 is 2.07 bits per heavy atom. The summed E-state index contributed by atoms with van der Waals surface area (Å²) in [6.45, 7) is 1.41. The Morgan fingerprint density at radius 3 is 2.64 bits per heavy atom. The second kappa shape index (κ2) is 8.53. The van der Waals surface area contributed by atoms with E-state index in [0.717, 1.165) is 30.0 Å². The number of nitrogens with two attached hydrogens (primary N) is 1. The monoisotopic (exact) mass is 430 g/mol. The number of rotatable bonds is 5. The molecule has 2 aromatic rings. The van der Waals surface area contributed by atoms with Crippen LogP contribution in [0.4, 0.5) is 30.6 Å². The highest BCUT2D eigenvalue weighted by molar-refractivity contribution is 7.98. The lowest BCUT2D eigenvalue weighted by Gasteiger charge is -2.18. The number of hydrogen-bond donors (Lipinski definition) is 3. The number of thioether (sulfide) groups is 1. The molecule has 0 spiro atoms. The number of carbonyl (C=O) groups is 1. The molecule has 1 amide bonds. The van der Waals surface area contributed by atoms with Crippen LogP contribution in [0.3, 0.4) is 0 Å². The van der Waals surface area contributed by atoms with Crippen molar-refractivity contribution >= 4 is 46.7 Å². The van der Waals surface area contributed by atoms with E-state index in [9.17, 15) is 23.2 Å². The molecule has 0 saturated heterocycles. The average molecular weight is 431 g/mol. The van der Waals surface area contributed by atoms with Crippen molar-refractivity contribution in [3.63, 3.8) is 0 Å². The normalized spacial score (nSPS) is 12.2. The van der Waals surface area contributed by atoms with Crippen molar-refractivity contribution < 1.29 is 18.0 Å². The van der Waals surface area contributed by atoms with Gasteiger partial charge in [-0.25, -0.2) is 4.98 Å². The molecule has 0 aliphatic heterocycles. The molecule has 0 aliphatic carbocycles. The van der Waals surface area contributed by atoms with Crippen LogP contribution in [-0.2, 0) is 11.0 Å². The third-order valence-corrected chi connectivity index (χ3v) is 4.51. The van der Waals surface area contributed by atoms with Gasteiger partial charge in [-0.15, -0.1) is 11.8 Å². The Labute approximate surface area is 167 Å². The number of amides is 1. The number of anilines is 3. The fourth-order valence-electron chi connectivity index (χ4n) is 2.13. The minimum atomic E-state index is -4.55. The Balaban J connectivity index is 2.24. The van der Waals surface area contributed by atoms with Gasteiger partial charge in [-0.3, -0.25) is 4.79 Å². The van der Waals surface area contributed by atoms with Gasteiger partial charge >= 0.3 is 6.18 Å². The summed E-state index contributed by atoms with van der Waals surface area (Å²) < 4.78 is 38.6. The van der Waals surface area contributed by atoms with E-state index in [1.807, 2.05) is 6.07 Å². The quantitative estimate of drug-likeness (QED) is 0.488. The van der Waals surface area contributed by atoms with Crippen LogP contribution in [-0.4, -0.2) is 28.2 Å². The fourth-order valence-corrected chi connectivity index (χ4v) is 2.83. The average Bonchev–Trinajstić information content (AvgIpc) is 2.61. The maximum atomic E-state index is 12.9. The smallest absolute Gasteiger partial charge is 0.373 e. The summed E-state index contributed by atoms with van der Waals surface area (Å²) in [6, 6.07) is 3.62. The van der Waals surface area contributed by atoms with Crippen LogP contribution in [0.2, 0.25) is 5.02 Å². The lowest BCUT2D eigenvalue weighted by atomic mass is 10.1. The lowest BCUT2D eigenvalue weighted by molar-refractivity contribution is -0.137. The zero-order valence-electron chi connectivity index (χ0n) is 14.6. The second-order valence-electron chi connectivity index (χ2n) is 5.47. The molecule has 0 bridgehead atoms. The van der Waals surface area contributed by atoms with Crippen molar-refractivity contribution in [1.29, 1.82) is 5.26 Å². The highest BCUT2D eigenvalue weighted by Crippen LogP contribution is 2.34. The van der Waals surface area contributed by atoms with Crippen molar-refractivity contribution in [2.75, 3.05) is 22.6 Å². The first-order valence-corrected chi connectivity index (χ1v) is 9.22. The molecule has 0 unspecified atom stereocenters. The maximum Gasteiger partial charge on any atom is 0.416 e. The van der Waals surface area contributed by atoms with Crippen LogP contribution >= 0.6 is 23.4 Å². The lowest BCUT2D eigenvalue weighted by Crippen LogP contribution is -2.32. The molecule has 148 valence electrons. The molecule has 0 aliphatic rings. The van der Waals surface area contributed by atoms with Gasteiger partial charge in [-0.05, 0) is 31.4 Å². The van der Waals surface area contributed by atoms with Gasteiger partial charge in [0.05, 0.1) is 16.3 Å². The largest absolute Gasteiger partial charge is 0.416 e. The van der Waals surface area contributed by atoms with Gasteiger partial charge < -0.3 is 16.4 Å². The molecule has 4 N–H and O–H groups in total. The van der Waals surface area contributed by atoms with Crippen LogP contribution in [0, 0.1) is 11.3 Å². The van der Waals surface area contributed by atoms with E-state index in [-0.39, 0.29) is 33.1 Å². The van der Waals surface area contributed by atoms with Gasteiger partial charge in [-0.2, -0.15) is 23.4 Å². The Hall–Kier alpha value is -2.71. The number of aromatic nitrogens is 2. The molecule has 0 radical (unpaired) electrons. The summed E-state index contributed by atoms with van der Waals surface area (Å²) in [5.41, 5.74) is 4.63. The summed E-state index contributed by atoms with van der Waals surface area (Å²) in [6.07, 6.45) is -2.88. The van der Waals surface area contributed by atoms with Crippen molar-refractivity contribution in [2.24, 2.45) is 0 Å². The molecular weight excluding hydrogens is 417 g/mol. The maximum absolute atomic E-state index is 12.9. The summed E-state index contributed by atoms with van der Waals surface area (Å²) in [7, 11) is 0. The molecule has 28 heavy (non-hydrogen) atoms. The number of benzene rings is 1. The fraction of sp³-hybridized carbons (Fsp3) is 0.250. The van der Waals surface area contributed by atoms with Gasteiger partial charge in [-0.1, -0.05) is 11.6 Å². The van der Waals surface area contributed by atoms with Crippen molar-refractivity contribution in [1.82, 2.24) is 9.97 Å². The minimum absolute atomic E-state index is 0.0151. The molecule has 12 heteroatoms. The number of nitriles is 1. The van der Waals surface area contributed by atoms with Gasteiger partial charge in [0.25, 0.3) is 0 Å². The molecule has 2 rings (SSSR count). The Kier molecular flexibility index (Phi) is 6.58.